The van der Waals surface area contributed by atoms with Crippen LogP contribution in [0.15, 0.2) is 0 Å². The zero-order valence-corrected chi connectivity index (χ0v) is 13.0. The zero-order valence-electron chi connectivity index (χ0n) is 12.1. The van der Waals surface area contributed by atoms with Crippen LogP contribution in [0.5, 0.6) is 0 Å². The molecule has 0 bridgehead atoms. The maximum Gasteiger partial charge on any atom is 0.326 e. The number of nitrogens with one attached hydrogen (secondary N) is 2. The highest BCUT2D eigenvalue weighted by atomic mass is 32.2. The predicted octanol–water partition coefficient (Wildman–Crippen LogP) is -0.427. The van der Waals surface area contributed by atoms with Gasteiger partial charge in [-0.05, 0) is 20.3 Å². The molecule has 1 aromatic heterocycles. The van der Waals surface area contributed by atoms with E-state index in [2.05, 4.69) is 15.5 Å². The lowest BCUT2D eigenvalue weighted by molar-refractivity contribution is -0.141. The summed E-state index contributed by atoms with van der Waals surface area (Å²) in [5, 5.41) is 18.1. The van der Waals surface area contributed by atoms with Crippen molar-refractivity contribution in [3.05, 3.63) is 17.0 Å². The number of hydrogen-bond acceptors (Lipinski definition) is 5. The van der Waals surface area contributed by atoms with E-state index in [1.165, 1.54) is 0 Å². The van der Waals surface area contributed by atoms with Gasteiger partial charge in [-0.15, -0.1) is 0 Å². The van der Waals surface area contributed by atoms with E-state index in [4.69, 9.17) is 5.11 Å². The highest BCUT2D eigenvalue weighted by Gasteiger charge is 2.22. The third-order valence-corrected chi connectivity index (χ3v) is 4.01. The summed E-state index contributed by atoms with van der Waals surface area (Å²) in [6, 6.07) is -1.22. The number of carboxylic acids is 1. The number of aryl methyl sites for hydroxylation is 2. The third kappa shape index (κ3) is 5.54. The number of H-pyrrole nitrogens is 1. The van der Waals surface area contributed by atoms with Gasteiger partial charge in [-0.2, -0.15) is 5.10 Å². The van der Waals surface area contributed by atoms with Crippen molar-refractivity contribution >= 4 is 21.7 Å². The highest BCUT2D eigenvalue weighted by molar-refractivity contribution is 7.90. The molecule has 1 amide bonds. The standard InChI is InChI=1S/C12H19N3O5S/c1-7-9(8(2)15-14-7)6-11(16)13-10(12(17)18)4-5-21(3,19)20/h10H,4-6H2,1-3H3,(H,13,16)(H,14,15)(H,17,18). The third-order valence-electron chi connectivity index (χ3n) is 3.03. The van der Waals surface area contributed by atoms with E-state index in [9.17, 15) is 18.0 Å². The van der Waals surface area contributed by atoms with Gasteiger partial charge in [0.1, 0.15) is 15.9 Å². The van der Waals surface area contributed by atoms with Gasteiger partial charge in [-0.25, -0.2) is 13.2 Å². The molecule has 1 aromatic rings. The van der Waals surface area contributed by atoms with Crippen molar-refractivity contribution in [3.8, 4) is 0 Å². The normalized spacial score (nSPS) is 12.9. The van der Waals surface area contributed by atoms with E-state index in [-0.39, 0.29) is 18.6 Å². The van der Waals surface area contributed by atoms with Gasteiger partial charge in [0, 0.05) is 17.5 Å². The van der Waals surface area contributed by atoms with Crippen LogP contribution in [-0.4, -0.2) is 53.6 Å². The largest absolute Gasteiger partial charge is 0.480 e. The molecule has 0 saturated heterocycles. The molecule has 0 aromatic carbocycles. The minimum absolute atomic E-state index is 0.00315. The second-order valence-corrected chi connectivity index (χ2v) is 7.23. The minimum Gasteiger partial charge on any atom is -0.480 e. The average molecular weight is 317 g/mol. The molecule has 0 aliphatic rings. The summed E-state index contributed by atoms with van der Waals surface area (Å²) in [5.41, 5.74) is 2.12. The van der Waals surface area contributed by atoms with Crippen LogP contribution in [0.3, 0.4) is 0 Å². The van der Waals surface area contributed by atoms with Gasteiger partial charge in [0.2, 0.25) is 5.91 Å². The molecule has 21 heavy (non-hydrogen) atoms. The Labute approximate surface area is 122 Å². The number of aromatic nitrogens is 2. The van der Waals surface area contributed by atoms with E-state index in [0.29, 0.717) is 11.3 Å². The number of carbonyl (C=O) groups excluding carboxylic acids is 1. The lowest BCUT2D eigenvalue weighted by Crippen LogP contribution is -2.42. The van der Waals surface area contributed by atoms with E-state index in [0.717, 1.165) is 11.9 Å². The summed E-state index contributed by atoms with van der Waals surface area (Å²) < 4.78 is 22.1. The van der Waals surface area contributed by atoms with Gasteiger partial charge in [-0.3, -0.25) is 9.89 Å². The van der Waals surface area contributed by atoms with Crippen molar-refractivity contribution in [1.29, 1.82) is 0 Å². The molecule has 1 unspecified atom stereocenters. The Bertz CT molecular complexity index is 616. The summed E-state index contributed by atoms with van der Waals surface area (Å²) >= 11 is 0. The molecule has 8 nitrogen and oxygen atoms in total. The van der Waals surface area contributed by atoms with Crippen molar-refractivity contribution in [2.24, 2.45) is 0 Å². The van der Waals surface area contributed by atoms with Crippen LogP contribution in [0, 0.1) is 13.8 Å². The molecule has 1 heterocycles. The number of rotatable bonds is 7. The van der Waals surface area contributed by atoms with Crippen LogP contribution in [0.1, 0.15) is 23.4 Å². The van der Waals surface area contributed by atoms with Crippen molar-refractivity contribution in [3.63, 3.8) is 0 Å². The lowest BCUT2D eigenvalue weighted by atomic mass is 10.1. The lowest BCUT2D eigenvalue weighted by Gasteiger charge is -2.14. The number of hydrogen-bond donors (Lipinski definition) is 3. The Kier molecular flexibility index (Phi) is 5.47. The Morgan fingerprint density at radius 1 is 1.38 bits per heavy atom. The first kappa shape index (κ1) is 17.2. The van der Waals surface area contributed by atoms with E-state index < -0.39 is 27.8 Å². The summed E-state index contributed by atoms with van der Waals surface area (Å²) in [6.45, 7) is 3.51. The first-order valence-electron chi connectivity index (χ1n) is 6.30. The molecule has 0 radical (unpaired) electrons. The number of nitrogens with zero attached hydrogens (tertiary/aromatic N) is 1. The summed E-state index contributed by atoms with van der Waals surface area (Å²) in [4.78, 5) is 22.9. The molecule has 0 spiro atoms. The quantitative estimate of drug-likeness (QED) is 0.626. The van der Waals surface area contributed by atoms with Crippen LogP contribution in [0.4, 0.5) is 0 Å². The SMILES string of the molecule is Cc1n[nH]c(C)c1CC(=O)NC(CCS(C)(=O)=O)C(=O)O. The van der Waals surface area contributed by atoms with E-state index in [1.54, 1.807) is 13.8 Å². The van der Waals surface area contributed by atoms with Gasteiger partial charge in [-0.1, -0.05) is 0 Å². The van der Waals surface area contributed by atoms with Crippen molar-refractivity contribution < 1.29 is 23.1 Å². The van der Waals surface area contributed by atoms with Crippen LogP contribution >= 0.6 is 0 Å². The molecule has 1 atom stereocenters. The van der Waals surface area contributed by atoms with Crippen LogP contribution in [-0.2, 0) is 25.8 Å². The summed E-state index contributed by atoms with van der Waals surface area (Å²) in [7, 11) is -3.28. The molecule has 0 fully saturated rings. The van der Waals surface area contributed by atoms with Crippen LogP contribution in [0.25, 0.3) is 0 Å². The van der Waals surface area contributed by atoms with Gasteiger partial charge < -0.3 is 10.4 Å². The smallest absolute Gasteiger partial charge is 0.326 e. The van der Waals surface area contributed by atoms with Gasteiger partial charge in [0.05, 0.1) is 17.9 Å². The minimum atomic E-state index is -3.28. The highest BCUT2D eigenvalue weighted by Crippen LogP contribution is 2.10. The number of carbonyl (C=O) groups is 2. The maximum atomic E-state index is 11.9. The number of aromatic amines is 1. The number of sulfone groups is 1. The molecule has 1 rings (SSSR count). The van der Waals surface area contributed by atoms with Crippen LogP contribution in [0.2, 0.25) is 0 Å². The van der Waals surface area contributed by atoms with Crippen molar-refractivity contribution in [2.45, 2.75) is 32.7 Å². The fourth-order valence-corrected chi connectivity index (χ4v) is 2.49. The van der Waals surface area contributed by atoms with Crippen LogP contribution < -0.4 is 5.32 Å². The Balaban J connectivity index is 2.67. The molecule has 118 valence electrons. The van der Waals surface area contributed by atoms with Crippen molar-refractivity contribution in [2.75, 3.05) is 12.0 Å². The molecule has 0 aliphatic carbocycles. The predicted molar refractivity (Wildman–Crippen MR) is 75.7 cm³/mol. The number of aliphatic carboxylic acids is 1. The monoisotopic (exact) mass is 317 g/mol. The second-order valence-electron chi connectivity index (χ2n) is 4.97. The first-order valence-corrected chi connectivity index (χ1v) is 8.36. The maximum absolute atomic E-state index is 11.9. The number of amides is 1. The molecule has 9 heteroatoms. The van der Waals surface area contributed by atoms with E-state index >= 15 is 0 Å². The Morgan fingerprint density at radius 3 is 2.43 bits per heavy atom. The molecule has 3 N–H and O–H groups in total. The molecular formula is C12H19N3O5S. The Hall–Kier alpha value is -1.90. The topological polar surface area (TPSA) is 129 Å². The molecular weight excluding hydrogens is 298 g/mol. The first-order chi connectivity index (χ1) is 9.60. The Morgan fingerprint density at radius 2 is 2.00 bits per heavy atom. The van der Waals surface area contributed by atoms with Gasteiger partial charge in [0.15, 0.2) is 0 Å². The van der Waals surface area contributed by atoms with Gasteiger partial charge >= 0.3 is 5.97 Å². The summed E-state index contributed by atoms with van der Waals surface area (Å²) in [6.07, 6.45) is 0.853. The molecule has 0 aliphatic heterocycles. The van der Waals surface area contributed by atoms with Gasteiger partial charge in [0.25, 0.3) is 0 Å². The van der Waals surface area contributed by atoms with E-state index in [1.807, 2.05) is 0 Å². The fourth-order valence-electron chi connectivity index (χ4n) is 1.83. The zero-order chi connectivity index (χ0) is 16.2. The molecule has 0 saturated carbocycles. The number of carboxylic acid groups (broad SMARTS) is 1. The fraction of sp³-hybridized carbons (Fsp3) is 0.583. The van der Waals surface area contributed by atoms with Crippen molar-refractivity contribution in [1.82, 2.24) is 15.5 Å². The average Bonchev–Trinajstić information content (AvgIpc) is 2.64. The summed E-state index contributed by atoms with van der Waals surface area (Å²) in [5.74, 6) is -2.04. The second kappa shape index (κ2) is 6.70.